The van der Waals surface area contributed by atoms with Gasteiger partial charge < -0.3 is 10.8 Å². The van der Waals surface area contributed by atoms with Crippen LogP contribution in [0.25, 0.3) is 10.8 Å². The SMILES string of the molecule is Cc1c(S(=O)(=O)O)cc2c(C)c(N)ccc2c1O. The fraction of sp³-hybridized carbons (Fsp3) is 0.167. The molecule has 2 aromatic rings. The summed E-state index contributed by atoms with van der Waals surface area (Å²) in [5.41, 5.74) is 7.01. The number of hydrogen-bond donors (Lipinski definition) is 3. The number of phenols is 1. The van der Waals surface area contributed by atoms with Gasteiger partial charge in [-0.2, -0.15) is 8.42 Å². The van der Waals surface area contributed by atoms with Crippen molar-refractivity contribution >= 4 is 26.6 Å². The molecule has 0 aliphatic rings. The molecule has 0 fully saturated rings. The van der Waals surface area contributed by atoms with Crippen molar-refractivity contribution in [1.29, 1.82) is 0 Å². The van der Waals surface area contributed by atoms with Gasteiger partial charge in [0.05, 0.1) is 0 Å². The van der Waals surface area contributed by atoms with Gasteiger partial charge >= 0.3 is 0 Å². The van der Waals surface area contributed by atoms with Gasteiger partial charge in [-0.3, -0.25) is 4.55 Å². The number of phenolic OH excluding ortho intramolecular Hbond substituents is 1. The molecule has 4 N–H and O–H groups in total. The van der Waals surface area contributed by atoms with Gasteiger partial charge in [-0.15, -0.1) is 0 Å². The average molecular weight is 267 g/mol. The van der Waals surface area contributed by atoms with E-state index in [-0.39, 0.29) is 16.2 Å². The fourth-order valence-electron chi connectivity index (χ4n) is 1.96. The van der Waals surface area contributed by atoms with Crippen molar-refractivity contribution in [3.8, 4) is 5.75 Å². The minimum absolute atomic E-state index is 0.120. The Balaban J connectivity index is 3.03. The molecule has 0 saturated heterocycles. The minimum atomic E-state index is -4.38. The first-order valence-electron chi connectivity index (χ1n) is 5.22. The number of nitrogen functional groups attached to an aromatic ring is 1. The quantitative estimate of drug-likeness (QED) is 0.542. The molecule has 0 bridgehead atoms. The Morgan fingerprint density at radius 1 is 1.11 bits per heavy atom. The van der Waals surface area contributed by atoms with Gasteiger partial charge in [-0.05, 0) is 43.0 Å². The summed E-state index contributed by atoms with van der Waals surface area (Å²) in [5, 5.41) is 11.0. The molecule has 6 heteroatoms. The topological polar surface area (TPSA) is 101 Å². The zero-order valence-electron chi connectivity index (χ0n) is 9.93. The third-order valence-electron chi connectivity index (χ3n) is 3.09. The zero-order valence-corrected chi connectivity index (χ0v) is 10.7. The maximum absolute atomic E-state index is 11.3. The maximum Gasteiger partial charge on any atom is 0.294 e. The van der Waals surface area contributed by atoms with Crippen molar-refractivity contribution in [3.05, 3.63) is 29.3 Å². The van der Waals surface area contributed by atoms with E-state index >= 15 is 0 Å². The largest absolute Gasteiger partial charge is 0.507 e. The normalized spacial score (nSPS) is 11.9. The average Bonchev–Trinajstić information content (AvgIpc) is 2.26. The summed E-state index contributed by atoms with van der Waals surface area (Å²) in [5.74, 6) is -0.164. The first-order chi connectivity index (χ1) is 8.23. The van der Waals surface area contributed by atoms with Crippen molar-refractivity contribution < 1.29 is 18.1 Å². The molecule has 0 aliphatic carbocycles. The summed E-state index contributed by atoms with van der Waals surface area (Å²) >= 11 is 0. The molecular weight excluding hydrogens is 254 g/mol. The zero-order chi connectivity index (χ0) is 13.7. The first-order valence-corrected chi connectivity index (χ1v) is 6.66. The van der Waals surface area contributed by atoms with Crippen LogP contribution in [0.4, 0.5) is 5.69 Å². The molecule has 0 radical (unpaired) electrons. The van der Waals surface area contributed by atoms with Gasteiger partial charge in [0.15, 0.2) is 0 Å². The lowest BCUT2D eigenvalue weighted by Gasteiger charge is -2.12. The predicted octanol–water partition coefficient (Wildman–Crippen LogP) is 1.99. The lowest BCUT2D eigenvalue weighted by Crippen LogP contribution is -2.02. The molecule has 0 saturated carbocycles. The standard InChI is InChI=1S/C12H13NO4S/c1-6-9-5-11(18(15,16)17)7(2)12(14)8(9)3-4-10(6)13/h3-5,14H,13H2,1-2H3,(H,15,16,17). The molecule has 0 unspecified atom stereocenters. The van der Waals surface area contributed by atoms with Gasteiger partial charge in [-0.1, -0.05) is 0 Å². The van der Waals surface area contributed by atoms with E-state index < -0.39 is 10.1 Å². The van der Waals surface area contributed by atoms with Crippen LogP contribution in [0.1, 0.15) is 11.1 Å². The van der Waals surface area contributed by atoms with Crippen LogP contribution in [0.2, 0.25) is 0 Å². The van der Waals surface area contributed by atoms with E-state index in [4.69, 9.17) is 10.3 Å². The van der Waals surface area contributed by atoms with E-state index in [0.717, 1.165) is 0 Å². The van der Waals surface area contributed by atoms with Crippen molar-refractivity contribution in [2.24, 2.45) is 0 Å². The first kappa shape index (κ1) is 12.7. The molecule has 5 nitrogen and oxygen atoms in total. The highest BCUT2D eigenvalue weighted by molar-refractivity contribution is 7.85. The second-order valence-electron chi connectivity index (χ2n) is 4.20. The number of rotatable bonds is 1. The molecule has 18 heavy (non-hydrogen) atoms. The van der Waals surface area contributed by atoms with E-state index in [1.165, 1.54) is 13.0 Å². The smallest absolute Gasteiger partial charge is 0.294 e. The van der Waals surface area contributed by atoms with Crippen LogP contribution >= 0.6 is 0 Å². The number of hydrogen-bond acceptors (Lipinski definition) is 4. The van der Waals surface area contributed by atoms with Crippen molar-refractivity contribution in [1.82, 2.24) is 0 Å². The maximum atomic E-state index is 11.3. The number of nitrogens with two attached hydrogens (primary N) is 1. The highest BCUT2D eigenvalue weighted by atomic mass is 32.2. The lowest BCUT2D eigenvalue weighted by atomic mass is 10.0. The van der Waals surface area contributed by atoms with E-state index in [1.54, 1.807) is 19.1 Å². The van der Waals surface area contributed by atoms with Crippen molar-refractivity contribution in [2.75, 3.05) is 5.73 Å². The Labute approximate surface area is 105 Å². The summed E-state index contributed by atoms with van der Waals surface area (Å²) in [6.07, 6.45) is 0. The van der Waals surface area contributed by atoms with E-state index in [9.17, 15) is 13.5 Å². The number of benzene rings is 2. The minimum Gasteiger partial charge on any atom is -0.507 e. The molecule has 0 heterocycles. The molecule has 0 aromatic heterocycles. The molecule has 0 amide bonds. The van der Waals surface area contributed by atoms with Gasteiger partial charge in [0, 0.05) is 16.6 Å². The van der Waals surface area contributed by atoms with E-state index in [2.05, 4.69) is 0 Å². The molecule has 2 rings (SSSR count). The van der Waals surface area contributed by atoms with Gasteiger partial charge in [-0.25, -0.2) is 0 Å². The lowest BCUT2D eigenvalue weighted by molar-refractivity contribution is 0.466. The number of aromatic hydroxyl groups is 1. The summed E-state index contributed by atoms with van der Waals surface area (Å²) in [7, 11) is -4.38. The van der Waals surface area contributed by atoms with Crippen LogP contribution < -0.4 is 5.73 Å². The number of anilines is 1. The Kier molecular flexibility index (Phi) is 2.71. The third kappa shape index (κ3) is 1.79. The highest BCUT2D eigenvalue weighted by Crippen LogP contribution is 2.36. The van der Waals surface area contributed by atoms with Crippen LogP contribution in [0, 0.1) is 13.8 Å². The van der Waals surface area contributed by atoms with Crippen LogP contribution in [0.3, 0.4) is 0 Å². The molecule has 2 aromatic carbocycles. The van der Waals surface area contributed by atoms with Crippen LogP contribution in [0.15, 0.2) is 23.1 Å². The summed E-state index contributed by atoms with van der Waals surface area (Å²) in [6, 6.07) is 4.59. The predicted molar refractivity (Wildman–Crippen MR) is 69.3 cm³/mol. The van der Waals surface area contributed by atoms with E-state index in [0.29, 0.717) is 22.0 Å². The summed E-state index contributed by atoms with van der Waals surface area (Å²) < 4.78 is 31.7. The van der Waals surface area contributed by atoms with Crippen LogP contribution in [-0.2, 0) is 10.1 Å². The summed E-state index contributed by atoms with van der Waals surface area (Å²) in [4.78, 5) is -0.304. The Bertz CT molecular complexity index is 750. The molecule has 0 aliphatic heterocycles. The summed E-state index contributed by atoms with van der Waals surface area (Å²) in [6.45, 7) is 3.16. The van der Waals surface area contributed by atoms with Crippen molar-refractivity contribution in [3.63, 3.8) is 0 Å². The van der Waals surface area contributed by atoms with E-state index in [1.807, 2.05) is 0 Å². The monoisotopic (exact) mass is 267 g/mol. The molecular formula is C12H13NO4S. The number of fused-ring (bicyclic) bond motifs is 1. The van der Waals surface area contributed by atoms with Gasteiger partial charge in [0.25, 0.3) is 10.1 Å². The second kappa shape index (κ2) is 3.86. The highest BCUT2D eigenvalue weighted by Gasteiger charge is 2.19. The van der Waals surface area contributed by atoms with Gasteiger partial charge in [0.1, 0.15) is 10.6 Å². The third-order valence-corrected chi connectivity index (χ3v) is 4.07. The fourth-order valence-corrected chi connectivity index (χ4v) is 2.71. The second-order valence-corrected chi connectivity index (χ2v) is 5.59. The molecule has 96 valence electrons. The molecule has 0 spiro atoms. The van der Waals surface area contributed by atoms with Crippen molar-refractivity contribution in [2.45, 2.75) is 18.7 Å². The Morgan fingerprint density at radius 3 is 2.28 bits per heavy atom. The van der Waals surface area contributed by atoms with Gasteiger partial charge in [0.2, 0.25) is 0 Å². The molecule has 0 atom stereocenters. The Morgan fingerprint density at radius 2 is 1.72 bits per heavy atom. The van der Waals surface area contributed by atoms with Crippen LogP contribution in [0.5, 0.6) is 5.75 Å². The van der Waals surface area contributed by atoms with Crippen LogP contribution in [-0.4, -0.2) is 18.1 Å². The number of aryl methyl sites for hydroxylation is 1. The Hall–Kier alpha value is -1.79.